The fourth-order valence-electron chi connectivity index (χ4n) is 7.69. The number of hydrazine groups is 1. The lowest BCUT2D eigenvalue weighted by atomic mass is 9.80. The van der Waals surface area contributed by atoms with Gasteiger partial charge in [-0.1, -0.05) is 58.0 Å². The maximum Gasteiger partial charge on any atom is 0.317 e. The number of urea groups is 2. The van der Waals surface area contributed by atoms with E-state index in [1.54, 1.807) is 28.9 Å². The number of amides is 5. The molecule has 0 aromatic heterocycles. The van der Waals surface area contributed by atoms with Gasteiger partial charge in [-0.05, 0) is 36.2 Å². The van der Waals surface area contributed by atoms with Crippen LogP contribution < -0.4 is 21.8 Å². The van der Waals surface area contributed by atoms with Crippen molar-refractivity contribution in [3.63, 3.8) is 0 Å². The molecular weight excluding hydrogens is 759 g/mol. The lowest BCUT2D eigenvalue weighted by Gasteiger charge is -2.37. The molecule has 0 saturated carbocycles. The number of aliphatic hydroxyl groups excluding tert-OH is 1. The molecule has 59 heavy (non-hydrogen) atoms. The number of likely N-dealkylation sites (N-methyl/N-ethyl adjacent to an activating group) is 2. The zero-order valence-electron chi connectivity index (χ0n) is 36.4. The van der Waals surface area contributed by atoms with Crippen molar-refractivity contribution < 1.29 is 38.5 Å². The number of hydrogen-bond acceptors (Lipinski definition) is 12. The van der Waals surface area contributed by atoms with E-state index >= 15 is 0 Å². The molecule has 3 saturated heterocycles. The minimum absolute atomic E-state index is 0.129. The third kappa shape index (κ3) is 15.5. The molecule has 2 unspecified atom stereocenters. The number of benzene rings is 1. The summed E-state index contributed by atoms with van der Waals surface area (Å²) in [6, 6.07) is 5.61. The predicted molar refractivity (Wildman–Crippen MR) is 225 cm³/mol. The SMILES string of the molecule is CC(C)[C@H](NC(=O)N(C)CCN1CCOCC1)C(=O)NN(CC1CCOCC1)C[C@H](O)C(C(=O)[C@@H](NC(=O)N(C)CCN1CCOCC1)C(C)C)C(N)c1ccccc1. The highest BCUT2D eigenvalue weighted by Gasteiger charge is 2.41. The van der Waals surface area contributed by atoms with E-state index in [-0.39, 0.29) is 30.3 Å². The fraction of sp³-hybridized carbons (Fsp3) is 0.762. The number of hydrogen-bond donors (Lipinski definition) is 5. The number of ketones is 1. The highest BCUT2D eigenvalue weighted by molar-refractivity contribution is 5.91. The van der Waals surface area contributed by atoms with Gasteiger partial charge in [0.25, 0.3) is 5.91 Å². The van der Waals surface area contributed by atoms with E-state index < -0.39 is 47.9 Å². The Morgan fingerprint density at radius 1 is 0.763 bits per heavy atom. The van der Waals surface area contributed by atoms with Gasteiger partial charge in [0.05, 0.1) is 44.5 Å². The van der Waals surface area contributed by atoms with Crippen LogP contribution >= 0.6 is 0 Å². The molecule has 3 fully saturated rings. The first kappa shape index (κ1) is 48.2. The molecule has 3 aliphatic rings. The third-order valence-corrected chi connectivity index (χ3v) is 11.7. The summed E-state index contributed by atoms with van der Waals surface area (Å²) in [5.74, 6) is -2.43. The van der Waals surface area contributed by atoms with Gasteiger partial charge in [0.2, 0.25) is 0 Å². The summed E-state index contributed by atoms with van der Waals surface area (Å²) in [5.41, 5.74) is 10.6. The fourth-order valence-corrected chi connectivity index (χ4v) is 7.69. The average molecular weight is 832 g/mol. The number of aliphatic hydroxyl groups is 1. The third-order valence-electron chi connectivity index (χ3n) is 11.7. The lowest BCUT2D eigenvalue weighted by Crippen LogP contribution is -2.60. The molecule has 1 aromatic carbocycles. The van der Waals surface area contributed by atoms with Crippen LogP contribution in [-0.4, -0.2) is 191 Å². The van der Waals surface area contributed by atoms with Crippen molar-refractivity contribution in [2.75, 3.05) is 119 Å². The van der Waals surface area contributed by atoms with Crippen molar-refractivity contribution >= 4 is 23.8 Å². The van der Waals surface area contributed by atoms with Gasteiger partial charge >= 0.3 is 12.1 Å². The van der Waals surface area contributed by atoms with Crippen molar-refractivity contribution in [1.82, 2.24) is 40.7 Å². The molecule has 3 heterocycles. The molecular formula is C42H73N9O8. The summed E-state index contributed by atoms with van der Waals surface area (Å²) >= 11 is 0. The summed E-state index contributed by atoms with van der Waals surface area (Å²) in [6.07, 6.45) is 0.161. The van der Waals surface area contributed by atoms with E-state index in [1.165, 1.54) is 0 Å². The van der Waals surface area contributed by atoms with E-state index in [9.17, 15) is 24.3 Å². The quantitative estimate of drug-likeness (QED) is 0.111. The highest BCUT2D eigenvalue weighted by Crippen LogP contribution is 2.28. The molecule has 0 bridgehead atoms. The summed E-state index contributed by atoms with van der Waals surface area (Å²) < 4.78 is 16.5. The van der Waals surface area contributed by atoms with Gasteiger partial charge in [0, 0.05) is 98.8 Å². The standard InChI is InChI=1S/C42H73N9O8/c1-30(2)37(44-41(55)47(5)14-16-49-18-24-58-25-19-49)39(53)35(36(43)33-10-8-7-9-11-33)34(52)29-51(28-32-12-22-57-23-13-32)46-40(54)38(31(3)4)45-42(56)48(6)15-17-50-20-26-59-27-21-50/h7-11,30-32,34-38,52H,12-29,43H2,1-6H3,(H,44,55)(H,45,56)(H,46,54)/t34-,35?,36?,37-,38-/m0/s1. The van der Waals surface area contributed by atoms with E-state index in [4.69, 9.17) is 19.9 Å². The number of Topliss-reactive ketones (excluding diaryl/α,β-unsaturated/α-hetero) is 1. The van der Waals surface area contributed by atoms with E-state index in [1.807, 2.05) is 58.0 Å². The Morgan fingerprint density at radius 2 is 1.24 bits per heavy atom. The van der Waals surface area contributed by atoms with Gasteiger partial charge in [-0.15, -0.1) is 0 Å². The predicted octanol–water partition coefficient (Wildman–Crippen LogP) is 0.989. The Balaban J connectivity index is 1.51. The number of carbonyl (C=O) groups excluding carboxylic acids is 4. The van der Waals surface area contributed by atoms with Crippen LogP contribution in [0, 0.1) is 23.7 Å². The number of ether oxygens (including phenoxy) is 3. The molecule has 0 aliphatic carbocycles. The summed E-state index contributed by atoms with van der Waals surface area (Å²) in [6.45, 7) is 17.0. The Bertz CT molecular complexity index is 1420. The van der Waals surface area contributed by atoms with Crippen molar-refractivity contribution in [2.45, 2.75) is 64.8 Å². The Hall–Kier alpha value is -3.42. The van der Waals surface area contributed by atoms with Gasteiger partial charge in [0.1, 0.15) is 6.04 Å². The minimum Gasteiger partial charge on any atom is -0.391 e. The molecule has 1 aromatic rings. The van der Waals surface area contributed by atoms with Crippen LogP contribution in [0.4, 0.5) is 9.59 Å². The van der Waals surface area contributed by atoms with Crippen LogP contribution in [0.2, 0.25) is 0 Å². The molecule has 334 valence electrons. The van der Waals surface area contributed by atoms with Gasteiger partial charge in [-0.25, -0.2) is 14.6 Å². The van der Waals surface area contributed by atoms with Crippen molar-refractivity contribution in [3.05, 3.63) is 35.9 Å². The Labute approximate surface area is 351 Å². The molecule has 17 heteroatoms. The second-order valence-corrected chi connectivity index (χ2v) is 17.0. The molecule has 4 rings (SSSR count). The minimum atomic E-state index is -1.35. The summed E-state index contributed by atoms with van der Waals surface area (Å²) in [5, 5.41) is 19.8. The first-order valence-electron chi connectivity index (χ1n) is 21.5. The van der Waals surface area contributed by atoms with Crippen LogP contribution in [0.1, 0.15) is 52.1 Å². The number of nitrogens with two attached hydrogens (primary N) is 1. The average Bonchev–Trinajstić information content (AvgIpc) is 3.23. The number of nitrogens with one attached hydrogen (secondary N) is 3. The zero-order chi connectivity index (χ0) is 42.9. The topological polar surface area (TPSA) is 195 Å². The van der Waals surface area contributed by atoms with E-state index in [0.29, 0.717) is 77.9 Å². The van der Waals surface area contributed by atoms with Gasteiger partial charge in [-0.3, -0.25) is 24.8 Å². The molecule has 3 aliphatic heterocycles. The smallest absolute Gasteiger partial charge is 0.317 e. The first-order chi connectivity index (χ1) is 28.2. The largest absolute Gasteiger partial charge is 0.391 e. The van der Waals surface area contributed by atoms with Gasteiger partial charge < -0.3 is 45.5 Å². The van der Waals surface area contributed by atoms with E-state index in [2.05, 4.69) is 25.9 Å². The van der Waals surface area contributed by atoms with Gasteiger partial charge in [0.15, 0.2) is 5.78 Å². The highest BCUT2D eigenvalue weighted by atomic mass is 16.5. The molecule has 5 amide bonds. The molecule has 5 atom stereocenters. The van der Waals surface area contributed by atoms with Crippen molar-refractivity contribution in [2.24, 2.45) is 29.4 Å². The number of morpholine rings is 2. The first-order valence-corrected chi connectivity index (χ1v) is 21.5. The lowest BCUT2D eigenvalue weighted by molar-refractivity contribution is -0.133. The van der Waals surface area contributed by atoms with Crippen LogP contribution in [-0.2, 0) is 23.8 Å². The zero-order valence-corrected chi connectivity index (χ0v) is 36.4. The summed E-state index contributed by atoms with van der Waals surface area (Å²) in [7, 11) is 3.41. The van der Waals surface area contributed by atoms with Crippen LogP contribution in [0.3, 0.4) is 0 Å². The normalized spacial score (nSPS) is 19.8. The molecule has 0 radical (unpaired) electrons. The van der Waals surface area contributed by atoms with Crippen LogP contribution in [0.25, 0.3) is 0 Å². The maximum atomic E-state index is 14.8. The molecule has 6 N–H and O–H groups in total. The van der Waals surface area contributed by atoms with Crippen LogP contribution in [0.15, 0.2) is 30.3 Å². The summed E-state index contributed by atoms with van der Waals surface area (Å²) in [4.78, 5) is 63.4. The Kier molecular flexibility index (Phi) is 20.2. The van der Waals surface area contributed by atoms with Crippen LogP contribution in [0.5, 0.6) is 0 Å². The number of nitrogens with zero attached hydrogens (tertiary/aromatic N) is 5. The second-order valence-electron chi connectivity index (χ2n) is 17.0. The number of rotatable bonds is 21. The number of carbonyl (C=O) groups is 4. The van der Waals surface area contributed by atoms with E-state index in [0.717, 1.165) is 39.0 Å². The van der Waals surface area contributed by atoms with Crippen molar-refractivity contribution in [1.29, 1.82) is 0 Å². The van der Waals surface area contributed by atoms with Crippen molar-refractivity contribution in [3.8, 4) is 0 Å². The monoisotopic (exact) mass is 832 g/mol. The maximum absolute atomic E-state index is 14.8. The molecule has 17 nitrogen and oxygen atoms in total. The Morgan fingerprint density at radius 3 is 1.73 bits per heavy atom. The molecule has 0 spiro atoms. The van der Waals surface area contributed by atoms with Gasteiger partial charge in [-0.2, -0.15) is 0 Å². The second kappa shape index (κ2) is 24.7.